The highest BCUT2D eigenvalue weighted by molar-refractivity contribution is 5.36. The summed E-state index contributed by atoms with van der Waals surface area (Å²) >= 11 is 0. The molecule has 118 valence electrons. The molecule has 0 saturated carbocycles. The summed E-state index contributed by atoms with van der Waals surface area (Å²) in [5.74, 6) is 0.0946. The molecule has 2 aromatic carbocycles. The summed E-state index contributed by atoms with van der Waals surface area (Å²) < 4.78 is 0. The lowest BCUT2D eigenvalue weighted by Gasteiger charge is -2.38. The fourth-order valence-corrected chi connectivity index (χ4v) is 3.12. The van der Waals surface area contributed by atoms with Crippen molar-refractivity contribution in [2.75, 3.05) is 19.6 Å². The van der Waals surface area contributed by atoms with Gasteiger partial charge in [0.25, 0.3) is 0 Å². The molecule has 0 aliphatic heterocycles. The summed E-state index contributed by atoms with van der Waals surface area (Å²) in [6.07, 6.45) is 0. The lowest BCUT2D eigenvalue weighted by atomic mass is 9.76. The van der Waals surface area contributed by atoms with Crippen molar-refractivity contribution in [3.63, 3.8) is 0 Å². The summed E-state index contributed by atoms with van der Waals surface area (Å²) in [5, 5.41) is 11.6. The predicted octanol–water partition coefficient (Wildman–Crippen LogP) is 3.90. The number of nitrogens with zero attached hydrogens (tertiary/aromatic N) is 1. The molecule has 2 heteroatoms. The minimum absolute atomic E-state index is 0.0946. The highest BCUT2D eigenvalue weighted by Gasteiger charge is 2.37. The van der Waals surface area contributed by atoms with Crippen LogP contribution in [0.2, 0.25) is 0 Å². The van der Waals surface area contributed by atoms with Gasteiger partial charge >= 0.3 is 0 Å². The Kier molecular flexibility index (Phi) is 5.76. The molecule has 0 aliphatic rings. The molecule has 1 atom stereocenters. The van der Waals surface area contributed by atoms with Crippen LogP contribution >= 0.6 is 0 Å². The van der Waals surface area contributed by atoms with Crippen molar-refractivity contribution in [1.29, 1.82) is 0 Å². The quantitative estimate of drug-likeness (QED) is 0.838. The zero-order valence-corrected chi connectivity index (χ0v) is 13.9. The van der Waals surface area contributed by atoms with Crippen LogP contribution < -0.4 is 0 Å². The van der Waals surface area contributed by atoms with Gasteiger partial charge in [0, 0.05) is 12.5 Å². The Bertz CT molecular complexity index is 509. The van der Waals surface area contributed by atoms with E-state index in [0.29, 0.717) is 0 Å². The Morgan fingerprint density at radius 1 is 0.864 bits per heavy atom. The van der Waals surface area contributed by atoms with Crippen molar-refractivity contribution in [3.05, 3.63) is 71.8 Å². The molecule has 1 unspecified atom stereocenters. The second-order valence-electron chi connectivity index (χ2n) is 5.89. The number of rotatable bonds is 7. The van der Waals surface area contributed by atoms with E-state index in [1.807, 2.05) is 60.7 Å². The third-order valence-corrected chi connectivity index (χ3v) is 4.57. The van der Waals surface area contributed by atoms with E-state index in [-0.39, 0.29) is 5.92 Å². The van der Waals surface area contributed by atoms with Crippen molar-refractivity contribution in [1.82, 2.24) is 4.90 Å². The van der Waals surface area contributed by atoms with Gasteiger partial charge in [-0.05, 0) is 24.2 Å². The normalized spacial score (nSPS) is 13.3. The van der Waals surface area contributed by atoms with Gasteiger partial charge in [0.05, 0.1) is 0 Å². The minimum atomic E-state index is -0.967. The summed E-state index contributed by atoms with van der Waals surface area (Å²) in [6.45, 7) is 9.34. The Balaban J connectivity index is 2.42. The van der Waals surface area contributed by atoms with Crippen molar-refractivity contribution in [3.8, 4) is 0 Å². The summed E-state index contributed by atoms with van der Waals surface area (Å²) in [6, 6.07) is 20.0. The highest BCUT2D eigenvalue weighted by Crippen LogP contribution is 2.37. The average molecular weight is 297 g/mol. The van der Waals surface area contributed by atoms with E-state index in [1.165, 1.54) is 0 Å². The molecule has 0 bridgehead atoms. The Morgan fingerprint density at radius 3 is 1.64 bits per heavy atom. The van der Waals surface area contributed by atoms with E-state index < -0.39 is 5.60 Å². The maximum Gasteiger partial charge on any atom is 0.118 e. The summed E-state index contributed by atoms with van der Waals surface area (Å²) in [7, 11) is 0. The van der Waals surface area contributed by atoms with Gasteiger partial charge < -0.3 is 10.0 Å². The zero-order valence-electron chi connectivity index (χ0n) is 13.9. The Hall–Kier alpha value is -1.64. The third kappa shape index (κ3) is 3.40. The molecule has 0 spiro atoms. The molecule has 2 aromatic rings. The maximum atomic E-state index is 11.6. The van der Waals surface area contributed by atoms with Crippen molar-refractivity contribution < 1.29 is 5.11 Å². The minimum Gasteiger partial charge on any atom is -0.380 e. The molecule has 2 nitrogen and oxygen atoms in total. The van der Waals surface area contributed by atoms with Crippen molar-refractivity contribution in [2.45, 2.75) is 26.4 Å². The van der Waals surface area contributed by atoms with Gasteiger partial charge in [0.1, 0.15) is 5.60 Å². The smallest absolute Gasteiger partial charge is 0.118 e. The number of benzene rings is 2. The monoisotopic (exact) mass is 297 g/mol. The van der Waals surface area contributed by atoms with Gasteiger partial charge in [-0.2, -0.15) is 0 Å². The average Bonchev–Trinajstić information content (AvgIpc) is 2.60. The molecule has 0 aromatic heterocycles. The largest absolute Gasteiger partial charge is 0.380 e. The summed E-state index contributed by atoms with van der Waals surface area (Å²) in [4.78, 5) is 2.36. The van der Waals surface area contributed by atoms with Gasteiger partial charge in [0.15, 0.2) is 0 Å². The SMILES string of the molecule is CCN(CC)CC(C)C(O)(c1ccccc1)c1ccccc1. The lowest BCUT2D eigenvalue weighted by molar-refractivity contribution is 0.00871. The van der Waals surface area contributed by atoms with Crippen LogP contribution in [0, 0.1) is 5.92 Å². The molecule has 0 amide bonds. The van der Waals surface area contributed by atoms with E-state index in [4.69, 9.17) is 0 Å². The van der Waals surface area contributed by atoms with E-state index in [2.05, 4.69) is 25.7 Å². The van der Waals surface area contributed by atoms with E-state index in [0.717, 1.165) is 30.8 Å². The maximum absolute atomic E-state index is 11.6. The topological polar surface area (TPSA) is 23.5 Å². The first-order valence-corrected chi connectivity index (χ1v) is 8.18. The van der Waals surface area contributed by atoms with Crippen LogP contribution in [0.4, 0.5) is 0 Å². The molecule has 0 saturated heterocycles. The first-order valence-electron chi connectivity index (χ1n) is 8.18. The molecule has 1 N–H and O–H groups in total. The van der Waals surface area contributed by atoms with Gasteiger partial charge in [-0.25, -0.2) is 0 Å². The zero-order chi connectivity index (χ0) is 16.0. The van der Waals surface area contributed by atoms with Crippen LogP contribution in [-0.4, -0.2) is 29.6 Å². The van der Waals surface area contributed by atoms with Crippen molar-refractivity contribution in [2.24, 2.45) is 5.92 Å². The van der Waals surface area contributed by atoms with Crippen LogP contribution in [-0.2, 0) is 5.60 Å². The van der Waals surface area contributed by atoms with Crippen LogP contribution in [0.1, 0.15) is 31.9 Å². The summed E-state index contributed by atoms with van der Waals surface area (Å²) in [5.41, 5.74) is 0.951. The van der Waals surface area contributed by atoms with Gasteiger partial charge in [-0.15, -0.1) is 0 Å². The lowest BCUT2D eigenvalue weighted by Crippen LogP contribution is -2.42. The van der Waals surface area contributed by atoms with E-state index in [1.54, 1.807) is 0 Å². The molecule has 2 rings (SSSR count). The molecule has 0 aliphatic carbocycles. The number of hydrogen-bond acceptors (Lipinski definition) is 2. The van der Waals surface area contributed by atoms with Crippen LogP contribution in [0.5, 0.6) is 0 Å². The number of hydrogen-bond donors (Lipinski definition) is 1. The second-order valence-corrected chi connectivity index (χ2v) is 5.89. The molecular formula is C20H27NO. The fraction of sp³-hybridized carbons (Fsp3) is 0.400. The van der Waals surface area contributed by atoms with Gasteiger partial charge in [0.2, 0.25) is 0 Å². The van der Waals surface area contributed by atoms with Crippen LogP contribution in [0.15, 0.2) is 60.7 Å². The third-order valence-electron chi connectivity index (χ3n) is 4.57. The molecule has 0 fully saturated rings. The standard InChI is InChI=1S/C20H27NO/c1-4-21(5-2)16-17(3)20(22,18-12-8-6-9-13-18)19-14-10-7-11-15-19/h6-15,17,22H,4-5,16H2,1-3H3. The fourth-order valence-electron chi connectivity index (χ4n) is 3.12. The molecule has 22 heavy (non-hydrogen) atoms. The Morgan fingerprint density at radius 2 is 1.27 bits per heavy atom. The van der Waals surface area contributed by atoms with Crippen LogP contribution in [0.3, 0.4) is 0 Å². The highest BCUT2D eigenvalue weighted by atomic mass is 16.3. The van der Waals surface area contributed by atoms with E-state index >= 15 is 0 Å². The second kappa shape index (κ2) is 7.57. The molecular weight excluding hydrogens is 270 g/mol. The predicted molar refractivity (Wildman–Crippen MR) is 92.8 cm³/mol. The van der Waals surface area contributed by atoms with Crippen molar-refractivity contribution >= 4 is 0 Å². The number of aliphatic hydroxyl groups is 1. The van der Waals surface area contributed by atoms with Crippen LogP contribution in [0.25, 0.3) is 0 Å². The van der Waals surface area contributed by atoms with Gasteiger partial charge in [-0.3, -0.25) is 0 Å². The first kappa shape index (κ1) is 16.7. The first-order chi connectivity index (χ1) is 10.6. The van der Waals surface area contributed by atoms with E-state index in [9.17, 15) is 5.11 Å². The van der Waals surface area contributed by atoms with Gasteiger partial charge in [-0.1, -0.05) is 81.4 Å². The molecule has 0 heterocycles. The Labute approximate surface area is 134 Å². The molecule has 0 radical (unpaired) electrons.